The maximum Gasteiger partial charge on any atom is 0.240 e. The van der Waals surface area contributed by atoms with E-state index in [2.05, 4.69) is 10.1 Å². The highest BCUT2D eigenvalue weighted by Crippen LogP contribution is 2.31. The molecule has 6 nitrogen and oxygen atoms in total. The van der Waals surface area contributed by atoms with E-state index in [0.29, 0.717) is 24.1 Å². The highest BCUT2D eigenvalue weighted by molar-refractivity contribution is 5.68. The number of rotatable bonds is 5. The van der Waals surface area contributed by atoms with Gasteiger partial charge in [-0.05, 0) is 11.6 Å². The molecule has 0 amide bonds. The van der Waals surface area contributed by atoms with Gasteiger partial charge in [0, 0.05) is 7.11 Å². The van der Waals surface area contributed by atoms with Crippen molar-refractivity contribution in [2.24, 2.45) is 5.73 Å². The Balaban J connectivity index is 2.51. The van der Waals surface area contributed by atoms with Crippen molar-refractivity contribution < 1.29 is 14.0 Å². The molecule has 6 heteroatoms. The molecule has 0 aliphatic heterocycles. The van der Waals surface area contributed by atoms with Crippen LogP contribution in [0.25, 0.3) is 11.4 Å². The Morgan fingerprint density at radius 1 is 1.33 bits per heavy atom. The summed E-state index contributed by atoms with van der Waals surface area (Å²) in [4.78, 5) is 4.21. The van der Waals surface area contributed by atoms with Crippen LogP contribution in [0.4, 0.5) is 0 Å². The van der Waals surface area contributed by atoms with E-state index in [-0.39, 0.29) is 6.54 Å². The van der Waals surface area contributed by atoms with Crippen LogP contribution in [0.15, 0.2) is 22.7 Å². The molecule has 2 aromatic rings. The molecule has 0 spiro atoms. The summed E-state index contributed by atoms with van der Waals surface area (Å²) in [6, 6.07) is 5.66. The Morgan fingerprint density at radius 2 is 2.17 bits per heavy atom. The summed E-state index contributed by atoms with van der Waals surface area (Å²) in [5.41, 5.74) is 7.16. The molecular weight excluding hydrogens is 234 g/mol. The summed E-state index contributed by atoms with van der Waals surface area (Å²) >= 11 is 0. The minimum Gasteiger partial charge on any atom is -0.496 e. The van der Waals surface area contributed by atoms with Crippen molar-refractivity contribution in [1.82, 2.24) is 10.1 Å². The number of aromatic nitrogens is 2. The summed E-state index contributed by atoms with van der Waals surface area (Å²) in [6.45, 7) is 0.654. The molecule has 96 valence electrons. The predicted octanol–water partition coefficient (Wildman–Crippen LogP) is 1.35. The summed E-state index contributed by atoms with van der Waals surface area (Å²) in [6.07, 6.45) is 0. The Labute approximate surface area is 105 Å². The van der Waals surface area contributed by atoms with Crippen molar-refractivity contribution in [2.45, 2.75) is 13.2 Å². The molecule has 0 unspecified atom stereocenters. The molecule has 0 radical (unpaired) electrons. The number of hydrogen-bond donors (Lipinski definition) is 1. The molecule has 0 aliphatic rings. The Kier molecular flexibility index (Phi) is 3.91. The zero-order chi connectivity index (χ0) is 13.0. The van der Waals surface area contributed by atoms with Gasteiger partial charge in [0.25, 0.3) is 0 Å². The standard InChI is InChI=1S/C12H15N3O3/c1-16-7-8-4-3-5-9(17-2)11(8)12-14-10(6-13)18-15-12/h3-5H,6-7,13H2,1-2H3. The molecule has 0 aliphatic carbocycles. The molecule has 1 heterocycles. The van der Waals surface area contributed by atoms with Gasteiger partial charge >= 0.3 is 0 Å². The number of nitrogens with zero attached hydrogens (tertiary/aromatic N) is 2. The van der Waals surface area contributed by atoms with E-state index in [0.717, 1.165) is 11.1 Å². The van der Waals surface area contributed by atoms with Crippen molar-refractivity contribution >= 4 is 0 Å². The Hall–Kier alpha value is -1.92. The first kappa shape index (κ1) is 12.5. The van der Waals surface area contributed by atoms with Crippen LogP contribution in [0.1, 0.15) is 11.5 Å². The van der Waals surface area contributed by atoms with E-state index < -0.39 is 0 Å². The van der Waals surface area contributed by atoms with Crippen molar-refractivity contribution in [3.63, 3.8) is 0 Å². The number of benzene rings is 1. The molecule has 0 fully saturated rings. The molecule has 18 heavy (non-hydrogen) atoms. The third-order valence-electron chi connectivity index (χ3n) is 2.50. The number of nitrogens with two attached hydrogens (primary N) is 1. The quantitative estimate of drug-likeness (QED) is 0.861. The minimum absolute atomic E-state index is 0.210. The van der Waals surface area contributed by atoms with Crippen molar-refractivity contribution in [1.29, 1.82) is 0 Å². The van der Waals surface area contributed by atoms with Gasteiger partial charge in [-0.25, -0.2) is 0 Å². The van der Waals surface area contributed by atoms with Crippen LogP contribution in [-0.2, 0) is 17.9 Å². The van der Waals surface area contributed by atoms with Gasteiger partial charge in [0.05, 0.1) is 25.8 Å². The van der Waals surface area contributed by atoms with E-state index in [1.165, 1.54) is 0 Å². The largest absolute Gasteiger partial charge is 0.496 e. The van der Waals surface area contributed by atoms with Crippen LogP contribution >= 0.6 is 0 Å². The van der Waals surface area contributed by atoms with Gasteiger partial charge in [0.2, 0.25) is 11.7 Å². The highest BCUT2D eigenvalue weighted by Gasteiger charge is 2.16. The fraction of sp³-hybridized carbons (Fsp3) is 0.333. The van der Waals surface area contributed by atoms with Crippen LogP contribution in [-0.4, -0.2) is 24.4 Å². The molecule has 1 aromatic heterocycles. The summed E-state index contributed by atoms with van der Waals surface area (Å²) in [5, 5.41) is 3.91. The van der Waals surface area contributed by atoms with E-state index in [9.17, 15) is 0 Å². The summed E-state index contributed by atoms with van der Waals surface area (Å²) in [5.74, 6) is 1.52. The summed E-state index contributed by atoms with van der Waals surface area (Å²) < 4.78 is 15.5. The van der Waals surface area contributed by atoms with Gasteiger partial charge in [-0.3, -0.25) is 0 Å². The second-order valence-electron chi connectivity index (χ2n) is 3.64. The molecule has 0 atom stereocenters. The van der Waals surface area contributed by atoms with E-state index in [1.807, 2.05) is 18.2 Å². The third-order valence-corrected chi connectivity index (χ3v) is 2.50. The second-order valence-corrected chi connectivity index (χ2v) is 3.64. The van der Waals surface area contributed by atoms with E-state index in [1.54, 1.807) is 14.2 Å². The maximum atomic E-state index is 5.46. The van der Waals surface area contributed by atoms with Gasteiger partial charge in [-0.2, -0.15) is 4.98 Å². The average Bonchev–Trinajstić information content (AvgIpc) is 2.87. The molecule has 1 aromatic carbocycles. The minimum atomic E-state index is 0.210. The summed E-state index contributed by atoms with van der Waals surface area (Å²) in [7, 11) is 3.23. The molecular formula is C12H15N3O3. The van der Waals surface area contributed by atoms with E-state index >= 15 is 0 Å². The lowest BCUT2D eigenvalue weighted by Gasteiger charge is -2.10. The van der Waals surface area contributed by atoms with E-state index in [4.69, 9.17) is 19.7 Å². The number of ether oxygens (including phenoxy) is 2. The maximum absolute atomic E-state index is 5.46. The SMILES string of the molecule is COCc1cccc(OC)c1-c1noc(CN)n1. The first-order chi connectivity index (χ1) is 8.80. The average molecular weight is 249 g/mol. The molecule has 0 bridgehead atoms. The van der Waals surface area contributed by atoms with Crippen molar-refractivity contribution in [3.8, 4) is 17.1 Å². The lowest BCUT2D eigenvalue weighted by Crippen LogP contribution is -1.98. The zero-order valence-electron chi connectivity index (χ0n) is 10.3. The fourth-order valence-electron chi connectivity index (χ4n) is 1.72. The monoisotopic (exact) mass is 249 g/mol. The van der Waals surface area contributed by atoms with Crippen molar-refractivity contribution in [2.75, 3.05) is 14.2 Å². The Morgan fingerprint density at radius 3 is 2.78 bits per heavy atom. The van der Waals surface area contributed by atoms with Crippen LogP contribution in [0, 0.1) is 0 Å². The predicted molar refractivity (Wildman–Crippen MR) is 64.9 cm³/mol. The molecule has 0 saturated carbocycles. The number of hydrogen-bond acceptors (Lipinski definition) is 6. The lowest BCUT2D eigenvalue weighted by atomic mass is 10.1. The smallest absolute Gasteiger partial charge is 0.240 e. The van der Waals surface area contributed by atoms with Crippen molar-refractivity contribution in [3.05, 3.63) is 29.7 Å². The van der Waals surface area contributed by atoms with Gasteiger partial charge in [0.15, 0.2) is 0 Å². The first-order valence-corrected chi connectivity index (χ1v) is 5.48. The lowest BCUT2D eigenvalue weighted by molar-refractivity contribution is 0.185. The first-order valence-electron chi connectivity index (χ1n) is 5.48. The molecule has 0 saturated heterocycles. The van der Waals surface area contributed by atoms with Gasteiger partial charge in [-0.1, -0.05) is 17.3 Å². The highest BCUT2D eigenvalue weighted by atomic mass is 16.5. The van der Waals surface area contributed by atoms with Gasteiger partial charge < -0.3 is 19.7 Å². The third kappa shape index (κ3) is 2.34. The normalized spacial score (nSPS) is 10.6. The Bertz CT molecular complexity index is 525. The van der Waals surface area contributed by atoms with Crippen LogP contribution in [0.3, 0.4) is 0 Å². The van der Waals surface area contributed by atoms with Crippen LogP contribution in [0.2, 0.25) is 0 Å². The molecule has 2 rings (SSSR count). The fourth-order valence-corrected chi connectivity index (χ4v) is 1.72. The molecule has 2 N–H and O–H groups in total. The van der Waals surface area contributed by atoms with Gasteiger partial charge in [-0.15, -0.1) is 0 Å². The van der Waals surface area contributed by atoms with Crippen LogP contribution in [0.5, 0.6) is 5.75 Å². The number of methoxy groups -OCH3 is 2. The van der Waals surface area contributed by atoms with Crippen LogP contribution < -0.4 is 10.5 Å². The topological polar surface area (TPSA) is 83.4 Å². The van der Waals surface area contributed by atoms with Gasteiger partial charge in [0.1, 0.15) is 5.75 Å². The zero-order valence-corrected chi connectivity index (χ0v) is 10.3. The second kappa shape index (κ2) is 5.61.